The zero-order chi connectivity index (χ0) is 21.7. The SMILES string of the molecule is O=C(CCC1CCCC1)Nc1ccc(S(=O)(=O)N2CCCCC2c2cccnc2)cc1. The minimum Gasteiger partial charge on any atom is -0.326 e. The summed E-state index contributed by atoms with van der Waals surface area (Å²) < 4.78 is 28.3. The number of rotatable bonds is 7. The van der Waals surface area contributed by atoms with Crippen molar-refractivity contribution in [1.82, 2.24) is 9.29 Å². The van der Waals surface area contributed by atoms with E-state index in [0.717, 1.165) is 31.2 Å². The van der Waals surface area contributed by atoms with E-state index in [-0.39, 0.29) is 16.8 Å². The zero-order valence-electron chi connectivity index (χ0n) is 17.9. The first-order valence-corrected chi connectivity index (χ1v) is 12.8. The Morgan fingerprint density at radius 3 is 2.48 bits per heavy atom. The first-order valence-electron chi connectivity index (χ1n) is 11.4. The molecule has 1 saturated heterocycles. The summed E-state index contributed by atoms with van der Waals surface area (Å²) in [6.07, 6.45) is 12.6. The second-order valence-corrected chi connectivity index (χ2v) is 10.6. The minimum atomic E-state index is -3.63. The Labute approximate surface area is 185 Å². The Morgan fingerprint density at radius 2 is 1.77 bits per heavy atom. The average Bonchev–Trinajstić information content (AvgIpc) is 3.32. The van der Waals surface area contributed by atoms with Gasteiger partial charge in [0.05, 0.1) is 10.9 Å². The summed E-state index contributed by atoms with van der Waals surface area (Å²) >= 11 is 0. The second kappa shape index (κ2) is 9.92. The van der Waals surface area contributed by atoms with Crippen LogP contribution in [0.3, 0.4) is 0 Å². The highest BCUT2D eigenvalue weighted by atomic mass is 32.2. The lowest BCUT2D eigenvalue weighted by Crippen LogP contribution is -2.38. The van der Waals surface area contributed by atoms with Gasteiger partial charge in [-0.1, -0.05) is 38.2 Å². The van der Waals surface area contributed by atoms with Crippen LogP contribution < -0.4 is 5.32 Å². The van der Waals surface area contributed by atoms with Crippen LogP contribution in [0.15, 0.2) is 53.7 Å². The number of aromatic nitrogens is 1. The molecule has 1 N–H and O–H groups in total. The van der Waals surface area contributed by atoms with Crippen molar-refractivity contribution in [3.63, 3.8) is 0 Å². The molecule has 0 bridgehead atoms. The van der Waals surface area contributed by atoms with Crippen molar-refractivity contribution in [3.8, 4) is 0 Å². The van der Waals surface area contributed by atoms with Crippen LogP contribution in [0.1, 0.15) is 69.4 Å². The summed E-state index contributed by atoms with van der Waals surface area (Å²) in [6.45, 7) is 0.502. The number of carbonyl (C=O) groups excluding carboxylic acids is 1. The molecule has 2 heterocycles. The third-order valence-electron chi connectivity index (χ3n) is 6.52. The number of hydrogen-bond acceptors (Lipinski definition) is 4. The van der Waals surface area contributed by atoms with Crippen molar-refractivity contribution in [2.45, 2.75) is 68.7 Å². The number of hydrogen-bond donors (Lipinski definition) is 1. The van der Waals surface area contributed by atoms with Gasteiger partial charge in [-0.25, -0.2) is 8.42 Å². The summed E-state index contributed by atoms with van der Waals surface area (Å²) in [7, 11) is -3.63. The molecule has 166 valence electrons. The lowest BCUT2D eigenvalue weighted by atomic mass is 9.99. The fraction of sp³-hybridized carbons (Fsp3) is 0.500. The Hall–Kier alpha value is -2.25. The van der Waals surface area contributed by atoms with Crippen LogP contribution in [0.2, 0.25) is 0 Å². The van der Waals surface area contributed by atoms with Crippen LogP contribution >= 0.6 is 0 Å². The van der Waals surface area contributed by atoms with Crippen molar-refractivity contribution in [2.24, 2.45) is 5.92 Å². The fourth-order valence-corrected chi connectivity index (χ4v) is 6.48. The molecule has 1 aliphatic carbocycles. The highest BCUT2D eigenvalue weighted by Gasteiger charge is 2.34. The smallest absolute Gasteiger partial charge is 0.243 e. The molecule has 1 atom stereocenters. The van der Waals surface area contributed by atoms with E-state index in [9.17, 15) is 13.2 Å². The average molecular weight is 442 g/mol. The molecule has 1 aromatic heterocycles. The van der Waals surface area contributed by atoms with Crippen molar-refractivity contribution in [2.75, 3.05) is 11.9 Å². The molecular formula is C24H31N3O3S. The van der Waals surface area contributed by atoms with E-state index in [2.05, 4.69) is 10.3 Å². The summed E-state index contributed by atoms with van der Waals surface area (Å²) in [5.74, 6) is 0.672. The van der Waals surface area contributed by atoms with Crippen LogP contribution in [-0.2, 0) is 14.8 Å². The first-order chi connectivity index (χ1) is 15.0. The van der Waals surface area contributed by atoms with Gasteiger partial charge in [-0.3, -0.25) is 9.78 Å². The molecule has 1 saturated carbocycles. The molecule has 0 radical (unpaired) electrons. The molecule has 1 amide bonds. The van der Waals surface area contributed by atoms with E-state index in [1.165, 1.54) is 25.7 Å². The van der Waals surface area contributed by atoms with Gasteiger partial charge in [0.25, 0.3) is 0 Å². The number of carbonyl (C=O) groups is 1. The van der Waals surface area contributed by atoms with E-state index in [0.29, 0.717) is 24.6 Å². The lowest BCUT2D eigenvalue weighted by Gasteiger charge is -2.34. The fourth-order valence-electron chi connectivity index (χ4n) is 4.80. The van der Waals surface area contributed by atoms with Gasteiger partial charge >= 0.3 is 0 Å². The van der Waals surface area contributed by atoms with E-state index < -0.39 is 10.0 Å². The third-order valence-corrected chi connectivity index (χ3v) is 8.44. The highest BCUT2D eigenvalue weighted by molar-refractivity contribution is 7.89. The van der Waals surface area contributed by atoms with Crippen molar-refractivity contribution in [1.29, 1.82) is 0 Å². The summed E-state index contributed by atoms with van der Waals surface area (Å²) in [5.41, 5.74) is 1.56. The molecule has 6 nitrogen and oxygen atoms in total. The van der Waals surface area contributed by atoms with Crippen LogP contribution in [0.25, 0.3) is 0 Å². The number of nitrogens with one attached hydrogen (secondary N) is 1. The number of benzene rings is 1. The molecule has 1 aromatic carbocycles. The quantitative estimate of drug-likeness (QED) is 0.662. The van der Waals surface area contributed by atoms with Gasteiger partial charge in [0, 0.05) is 31.0 Å². The number of anilines is 1. The topological polar surface area (TPSA) is 79.4 Å². The Bertz CT molecular complexity index is 971. The van der Waals surface area contributed by atoms with Crippen LogP contribution in [0.5, 0.6) is 0 Å². The molecule has 1 unspecified atom stereocenters. The van der Waals surface area contributed by atoms with Gasteiger partial charge in [0.15, 0.2) is 0 Å². The molecule has 2 aromatic rings. The molecule has 2 aliphatic rings. The van der Waals surface area contributed by atoms with Crippen LogP contribution in [0, 0.1) is 5.92 Å². The van der Waals surface area contributed by atoms with Gasteiger partial charge in [0.1, 0.15) is 0 Å². The van der Waals surface area contributed by atoms with Crippen LogP contribution in [-0.4, -0.2) is 30.2 Å². The number of pyridine rings is 1. The standard InChI is InChI=1S/C24H31N3O3S/c28-24(15-10-19-6-1-2-7-19)26-21-11-13-22(14-12-21)31(29,30)27-17-4-3-9-23(27)20-8-5-16-25-18-20/h5,8,11-14,16,18-19,23H,1-4,6-7,9-10,15,17H2,(H,26,28). The molecular weight excluding hydrogens is 410 g/mol. The number of piperidine rings is 1. The van der Waals surface area contributed by atoms with Gasteiger partial charge in [-0.05, 0) is 61.1 Å². The zero-order valence-corrected chi connectivity index (χ0v) is 18.7. The number of amides is 1. The predicted octanol–water partition coefficient (Wildman–Crippen LogP) is 4.91. The Kier molecular flexibility index (Phi) is 7.02. The number of sulfonamides is 1. The monoisotopic (exact) mass is 441 g/mol. The van der Waals surface area contributed by atoms with Crippen molar-refractivity contribution in [3.05, 3.63) is 54.4 Å². The van der Waals surface area contributed by atoms with Crippen molar-refractivity contribution >= 4 is 21.6 Å². The maximum atomic E-state index is 13.4. The third kappa shape index (κ3) is 5.33. The molecule has 2 fully saturated rings. The maximum Gasteiger partial charge on any atom is 0.243 e. The van der Waals surface area contributed by atoms with Crippen molar-refractivity contribution < 1.29 is 13.2 Å². The first kappa shape index (κ1) is 22.0. The van der Waals surface area contributed by atoms with Gasteiger partial charge in [-0.15, -0.1) is 0 Å². The lowest BCUT2D eigenvalue weighted by molar-refractivity contribution is -0.116. The van der Waals surface area contributed by atoms with E-state index in [4.69, 9.17) is 0 Å². The Balaban J connectivity index is 1.42. The van der Waals surface area contributed by atoms with Gasteiger partial charge in [-0.2, -0.15) is 4.31 Å². The van der Waals surface area contributed by atoms with Gasteiger partial charge < -0.3 is 5.32 Å². The van der Waals surface area contributed by atoms with E-state index in [1.807, 2.05) is 12.1 Å². The summed E-state index contributed by atoms with van der Waals surface area (Å²) in [5, 5.41) is 2.90. The van der Waals surface area contributed by atoms with E-state index in [1.54, 1.807) is 41.0 Å². The summed E-state index contributed by atoms with van der Waals surface area (Å²) in [4.78, 5) is 16.7. The molecule has 31 heavy (non-hydrogen) atoms. The molecule has 1 aliphatic heterocycles. The molecule has 4 rings (SSSR count). The normalized spacial score (nSPS) is 20.6. The largest absolute Gasteiger partial charge is 0.326 e. The molecule has 0 spiro atoms. The predicted molar refractivity (Wildman–Crippen MR) is 121 cm³/mol. The minimum absolute atomic E-state index is 0.00446. The highest BCUT2D eigenvalue weighted by Crippen LogP contribution is 2.35. The van der Waals surface area contributed by atoms with E-state index >= 15 is 0 Å². The maximum absolute atomic E-state index is 13.4. The molecule has 7 heteroatoms. The van der Waals surface area contributed by atoms with Crippen LogP contribution in [0.4, 0.5) is 5.69 Å². The summed E-state index contributed by atoms with van der Waals surface area (Å²) in [6, 6.07) is 10.2. The van der Waals surface area contributed by atoms with Gasteiger partial charge in [0.2, 0.25) is 15.9 Å². The Morgan fingerprint density at radius 1 is 1.03 bits per heavy atom. The second-order valence-electron chi connectivity index (χ2n) is 8.68. The number of nitrogens with zero attached hydrogens (tertiary/aromatic N) is 2.